The molecule has 0 saturated carbocycles. The van der Waals surface area contributed by atoms with Gasteiger partial charge in [-0.3, -0.25) is 4.79 Å². The molecule has 1 unspecified atom stereocenters. The van der Waals surface area contributed by atoms with Gasteiger partial charge in [0.2, 0.25) is 5.91 Å². The topological polar surface area (TPSA) is 75.3 Å². The molecule has 108 valence electrons. The van der Waals surface area contributed by atoms with Crippen LogP contribution in [0.5, 0.6) is 0 Å². The molecule has 1 amide bonds. The van der Waals surface area contributed by atoms with Crippen molar-refractivity contribution < 1.29 is 13.2 Å². The van der Waals surface area contributed by atoms with Gasteiger partial charge in [0.1, 0.15) is 0 Å². The van der Waals surface area contributed by atoms with Crippen LogP contribution in [-0.4, -0.2) is 43.5 Å². The Balaban J connectivity index is 4.44. The molecule has 5 nitrogen and oxygen atoms in total. The zero-order chi connectivity index (χ0) is 14.8. The van der Waals surface area contributed by atoms with E-state index >= 15 is 0 Å². The predicted molar refractivity (Wildman–Crippen MR) is 74.3 cm³/mol. The van der Waals surface area contributed by atoms with E-state index in [1.165, 1.54) is 6.26 Å². The van der Waals surface area contributed by atoms with Crippen LogP contribution in [-0.2, 0) is 14.6 Å². The molecule has 6 heteroatoms. The zero-order valence-electron chi connectivity index (χ0n) is 12.4. The molecule has 1 atom stereocenters. The summed E-state index contributed by atoms with van der Waals surface area (Å²) in [5.41, 5.74) is -0.292. The molecule has 0 aliphatic carbocycles. The molecule has 0 aromatic rings. The maximum Gasteiger partial charge on any atom is 0.237 e. The van der Waals surface area contributed by atoms with Crippen LogP contribution in [0, 0.1) is 0 Å². The molecule has 0 aliphatic rings. The standard InChI is InChI=1S/C12H26N2O3S/c1-9(10(15)14-11(2,3)4)13-8-12(5,6)18(7,16)17/h9,13H,8H2,1-7H3,(H,14,15). The highest BCUT2D eigenvalue weighted by molar-refractivity contribution is 7.92. The van der Waals surface area contributed by atoms with Crippen molar-refractivity contribution in [2.75, 3.05) is 12.8 Å². The molecule has 0 heterocycles. The van der Waals surface area contributed by atoms with Crippen molar-refractivity contribution in [3.63, 3.8) is 0 Å². The molecular weight excluding hydrogens is 252 g/mol. The van der Waals surface area contributed by atoms with E-state index in [0.29, 0.717) is 0 Å². The first-order valence-corrected chi connectivity index (χ1v) is 7.90. The van der Waals surface area contributed by atoms with Gasteiger partial charge < -0.3 is 10.6 Å². The summed E-state index contributed by atoms with van der Waals surface area (Å²) < 4.78 is 22.2. The van der Waals surface area contributed by atoms with Crippen LogP contribution in [0.1, 0.15) is 41.5 Å². The fraction of sp³-hybridized carbons (Fsp3) is 0.917. The number of hydrogen-bond acceptors (Lipinski definition) is 4. The zero-order valence-corrected chi connectivity index (χ0v) is 13.2. The molecule has 0 fully saturated rings. The van der Waals surface area contributed by atoms with Gasteiger partial charge in [-0.05, 0) is 41.5 Å². The van der Waals surface area contributed by atoms with E-state index < -0.39 is 20.6 Å². The van der Waals surface area contributed by atoms with Crippen LogP contribution in [0.15, 0.2) is 0 Å². The number of carbonyl (C=O) groups is 1. The molecule has 0 saturated heterocycles. The van der Waals surface area contributed by atoms with E-state index in [1.54, 1.807) is 20.8 Å². The van der Waals surface area contributed by atoms with Crippen molar-refractivity contribution in [1.29, 1.82) is 0 Å². The van der Waals surface area contributed by atoms with Crippen molar-refractivity contribution in [2.45, 2.75) is 57.9 Å². The average Bonchev–Trinajstić information content (AvgIpc) is 2.09. The Morgan fingerprint density at radius 1 is 1.17 bits per heavy atom. The second kappa shape index (κ2) is 5.57. The molecule has 18 heavy (non-hydrogen) atoms. The Morgan fingerprint density at radius 3 is 1.94 bits per heavy atom. The van der Waals surface area contributed by atoms with Gasteiger partial charge in [-0.15, -0.1) is 0 Å². The summed E-state index contributed by atoms with van der Waals surface area (Å²) in [7, 11) is -3.15. The quantitative estimate of drug-likeness (QED) is 0.776. The number of amides is 1. The first kappa shape index (κ1) is 17.4. The van der Waals surface area contributed by atoms with E-state index in [2.05, 4.69) is 10.6 Å². The van der Waals surface area contributed by atoms with E-state index in [9.17, 15) is 13.2 Å². The third-order valence-corrected chi connectivity index (χ3v) is 4.88. The summed E-state index contributed by atoms with van der Waals surface area (Å²) in [6.07, 6.45) is 1.20. The van der Waals surface area contributed by atoms with Crippen molar-refractivity contribution in [2.24, 2.45) is 0 Å². The van der Waals surface area contributed by atoms with Crippen molar-refractivity contribution in [1.82, 2.24) is 10.6 Å². The van der Waals surface area contributed by atoms with E-state index in [4.69, 9.17) is 0 Å². The highest BCUT2D eigenvalue weighted by atomic mass is 32.2. The van der Waals surface area contributed by atoms with E-state index in [0.717, 1.165) is 0 Å². The number of sulfone groups is 1. The highest BCUT2D eigenvalue weighted by Gasteiger charge is 2.31. The van der Waals surface area contributed by atoms with Crippen LogP contribution in [0.3, 0.4) is 0 Å². The van der Waals surface area contributed by atoms with Crippen molar-refractivity contribution in [3.8, 4) is 0 Å². The molecule has 2 N–H and O–H groups in total. The average molecular weight is 278 g/mol. The van der Waals surface area contributed by atoms with Crippen LogP contribution in [0.2, 0.25) is 0 Å². The minimum Gasteiger partial charge on any atom is -0.350 e. The molecule has 0 aliphatic heterocycles. The Hall–Kier alpha value is -0.620. The maximum absolute atomic E-state index is 11.8. The highest BCUT2D eigenvalue weighted by Crippen LogP contribution is 2.13. The minimum absolute atomic E-state index is 0.133. The number of rotatable bonds is 5. The first-order valence-electron chi connectivity index (χ1n) is 6.01. The lowest BCUT2D eigenvalue weighted by Gasteiger charge is -2.27. The SMILES string of the molecule is CC(NCC(C)(C)S(C)(=O)=O)C(=O)NC(C)(C)C. The van der Waals surface area contributed by atoms with Crippen LogP contribution in [0.25, 0.3) is 0 Å². The van der Waals surface area contributed by atoms with Crippen LogP contribution >= 0.6 is 0 Å². The van der Waals surface area contributed by atoms with Crippen LogP contribution < -0.4 is 10.6 Å². The summed E-state index contributed by atoms with van der Waals surface area (Å²) >= 11 is 0. The molecule has 0 aromatic carbocycles. The third-order valence-electron chi connectivity index (χ3n) is 2.73. The summed E-state index contributed by atoms with van der Waals surface area (Å²) in [6.45, 7) is 11.0. The lowest BCUT2D eigenvalue weighted by Crippen LogP contribution is -2.52. The summed E-state index contributed by atoms with van der Waals surface area (Å²) in [4.78, 5) is 11.8. The number of carbonyl (C=O) groups excluding carboxylic acids is 1. The van der Waals surface area contributed by atoms with Gasteiger partial charge in [0.25, 0.3) is 0 Å². The lowest BCUT2D eigenvalue weighted by atomic mass is 10.1. The number of hydrogen-bond donors (Lipinski definition) is 2. The molecule has 0 bridgehead atoms. The summed E-state index contributed by atoms with van der Waals surface area (Å²) in [5, 5.41) is 5.80. The van der Waals surface area contributed by atoms with Gasteiger partial charge in [0.15, 0.2) is 9.84 Å². The maximum atomic E-state index is 11.8. The molecule has 0 rings (SSSR count). The predicted octanol–water partition coefficient (Wildman–Crippen LogP) is 0.702. The largest absolute Gasteiger partial charge is 0.350 e. The fourth-order valence-electron chi connectivity index (χ4n) is 1.10. The van der Waals surface area contributed by atoms with Gasteiger partial charge in [-0.2, -0.15) is 0 Å². The molecule has 0 aromatic heterocycles. The Morgan fingerprint density at radius 2 is 1.61 bits per heavy atom. The normalized spacial score (nSPS) is 15.3. The Kier molecular flexibility index (Phi) is 5.38. The molecule has 0 spiro atoms. The third kappa shape index (κ3) is 5.82. The summed E-state index contributed by atoms with van der Waals surface area (Å²) in [6, 6.07) is -0.426. The van der Waals surface area contributed by atoms with Gasteiger partial charge in [-0.25, -0.2) is 8.42 Å². The molecule has 0 radical (unpaired) electrons. The van der Waals surface area contributed by atoms with Gasteiger partial charge in [-0.1, -0.05) is 0 Å². The molecular formula is C12H26N2O3S. The second-order valence-corrected chi connectivity index (χ2v) is 9.02. The van der Waals surface area contributed by atoms with E-state index in [-0.39, 0.29) is 18.0 Å². The first-order chi connectivity index (χ1) is 7.76. The van der Waals surface area contributed by atoms with Gasteiger partial charge >= 0.3 is 0 Å². The summed E-state index contributed by atoms with van der Waals surface area (Å²) in [5.74, 6) is -0.133. The second-order valence-electron chi connectivity index (χ2n) is 6.37. The van der Waals surface area contributed by atoms with Crippen LogP contribution in [0.4, 0.5) is 0 Å². The van der Waals surface area contributed by atoms with Gasteiger partial charge in [0.05, 0.1) is 10.8 Å². The Bertz CT molecular complexity index is 394. The fourth-order valence-corrected chi connectivity index (χ4v) is 1.45. The van der Waals surface area contributed by atoms with Crippen molar-refractivity contribution in [3.05, 3.63) is 0 Å². The lowest BCUT2D eigenvalue weighted by molar-refractivity contribution is -0.124. The van der Waals surface area contributed by atoms with Crippen molar-refractivity contribution >= 4 is 15.7 Å². The van der Waals surface area contributed by atoms with E-state index in [1.807, 2.05) is 20.8 Å². The monoisotopic (exact) mass is 278 g/mol. The number of nitrogens with one attached hydrogen (secondary N) is 2. The van der Waals surface area contributed by atoms with Gasteiger partial charge in [0, 0.05) is 18.3 Å². The smallest absolute Gasteiger partial charge is 0.237 e. The Labute approximate surface area is 111 Å². The minimum atomic E-state index is -3.15.